The van der Waals surface area contributed by atoms with Gasteiger partial charge in [-0.05, 0) is 65.5 Å². The Labute approximate surface area is 175 Å². The molecule has 3 aromatic rings. The van der Waals surface area contributed by atoms with Crippen LogP contribution in [0.1, 0.15) is 56.6 Å². The van der Waals surface area contributed by atoms with Crippen LogP contribution < -0.4 is 0 Å². The third kappa shape index (κ3) is 6.56. The van der Waals surface area contributed by atoms with Crippen molar-refractivity contribution in [2.45, 2.75) is 58.3 Å². The zero-order valence-electron chi connectivity index (χ0n) is 17.7. The summed E-state index contributed by atoms with van der Waals surface area (Å²) in [6.07, 6.45) is 8.76. The molecule has 0 N–H and O–H groups in total. The average molecular weight is 389 g/mol. The number of benzene rings is 3. The summed E-state index contributed by atoms with van der Waals surface area (Å²) >= 11 is 0. The molecule has 0 bridgehead atoms. The van der Waals surface area contributed by atoms with Crippen molar-refractivity contribution >= 4 is 0 Å². The van der Waals surface area contributed by atoms with Gasteiger partial charge in [0.05, 0.1) is 6.67 Å². The Morgan fingerprint density at radius 3 is 1.79 bits per heavy atom. The molecule has 0 heterocycles. The van der Waals surface area contributed by atoms with E-state index in [1.165, 1.54) is 59.1 Å². The maximum Gasteiger partial charge on any atom is 0.0894 e. The van der Waals surface area contributed by atoms with Gasteiger partial charge >= 0.3 is 0 Å². The van der Waals surface area contributed by atoms with Crippen LogP contribution in [0.5, 0.6) is 0 Å². The first-order chi connectivity index (χ1) is 14.3. The van der Waals surface area contributed by atoms with E-state index in [-0.39, 0.29) is 6.67 Å². The minimum absolute atomic E-state index is 0.200. The summed E-state index contributed by atoms with van der Waals surface area (Å²) in [5.74, 6) is 0. The predicted molar refractivity (Wildman–Crippen MR) is 124 cm³/mol. The van der Waals surface area contributed by atoms with Gasteiger partial charge in [-0.15, -0.1) is 0 Å². The molecule has 1 heteroatoms. The van der Waals surface area contributed by atoms with Crippen molar-refractivity contribution in [3.8, 4) is 22.3 Å². The molecule has 3 aromatic carbocycles. The van der Waals surface area contributed by atoms with Gasteiger partial charge in [-0.2, -0.15) is 0 Å². The van der Waals surface area contributed by atoms with E-state index in [0.717, 1.165) is 19.3 Å². The lowest BCUT2D eigenvalue weighted by atomic mass is 9.97. The van der Waals surface area contributed by atoms with E-state index >= 15 is 0 Å². The number of hydrogen-bond donors (Lipinski definition) is 0. The predicted octanol–water partition coefficient (Wildman–Crippen LogP) is 8.44. The quantitative estimate of drug-likeness (QED) is 0.289. The van der Waals surface area contributed by atoms with Crippen LogP contribution in [0.2, 0.25) is 0 Å². The first kappa shape index (κ1) is 21.3. The third-order valence-electron chi connectivity index (χ3n) is 5.60. The van der Waals surface area contributed by atoms with Crippen molar-refractivity contribution < 1.29 is 4.39 Å². The van der Waals surface area contributed by atoms with Gasteiger partial charge in [0.15, 0.2) is 0 Å². The SMILES string of the molecule is CCCCCc1ccc(-c2ccc(-c3cccc(CCCCCF)c3)cc2)cc1. The van der Waals surface area contributed by atoms with Gasteiger partial charge in [0.25, 0.3) is 0 Å². The largest absolute Gasteiger partial charge is 0.251 e. The topological polar surface area (TPSA) is 0 Å². The minimum Gasteiger partial charge on any atom is -0.251 e. The van der Waals surface area contributed by atoms with E-state index in [9.17, 15) is 4.39 Å². The molecule has 152 valence electrons. The molecular weight excluding hydrogens is 355 g/mol. The monoisotopic (exact) mass is 388 g/mol. The molecule has 0 spiro atoms. The number of halogens is 1. The fourth-order valence-corrected chi connectivity index (χ4v) is 3.80. The van der Waals surface area contributed by atoms with Gasteiger partial charge in [-0.1, -0.05) is 99.0 Å². The van der Waals surface area contributed by atoms with Crippen LogP contribution in [-0.4, -0.2) is 6.67 Å². The van der Waals surface area contributed by atoms with Gasteiger partial charge in [-0.25, -0.2) is 0 Å². The Morgan fingerprint density at radius 2 is 1.14 bits per heavy atom. The molecule has 0 aliphatic rings. The molecule has 3 rings (SSSR count). The van der Waals surface area contributed by atoms with E-state index in [4.69, 9.17) is 0 Å². The van der Waals surface area contributed by atoms with Gasteiger partial charge in [0, 0.05) is 0 Å². The number of unbranched alkanes of at least 4 members (excludes halogenated alkanes) is 4. The second-order valence-corrected chi connectivity index (χ2v) is 7.93. The van der Waals surface area contributed by atoms with Crippen molar-refractivity contribution in [1.29, 1.82) is 0 Å². The Kier molecular flexibility index (Phi) is 8.49. The van der Waals surface area contributed by atoms with Crippen LogP contribution in [0.3, 0.4) is 0 Å². The summed E-state index contributed by atoms with van der Waals surface area (Å²) in [4.78, 5) is 0. The molecule has 0 aliphatic carbocycles. The second kappa shape index (κ2) is 11.6. The van der Waals surface area contributed by atoms with Crippen LogP contribution in [0, 0.1) is 0 Å². The fourth-order valence-electron chi connectivity index (χ4n) is 3.80. The van der Waals surface area contributed by atoms with E-state index in [1.54, 1.807) is 0 Å². The normalized spacial score (nSPS) is 11.0. The maximum atomic E-state index is 12.2. The zero-order valence-corrected chi connectivity index (χ0v) is 17.7. The molecule has 0 aliphatic heterocycles. The Morgan fingerprint density at radius 1 is 0.552 bits per heavy atom. The first-order valence-corrected chi connectivity index (χ1v) is 11.1. The number of rotatable bonds is 11. The maximum absolute atomic E-state index is 12.2. The minimum atomic E-state index is -0.200. The standard InChI is InChI=1S/C28H33F/c1-2-3-5-9-23-13-15-25(16-14-23)26-17-19-27(20-18-26)28-12-8-11-24(22-28)10-6-4-7-21-29/h8,11-20,22H,2-7,9-10,21H2,1H3. The first-order valence-electron chi connectivity index (χ1n) is 11.1. The van der Waals surface area contributed by atoms with Gasteiger partial charge in [-0.3, -0.25) is 4.39 Å². The highest BCUT2D eigenvalue weighted by Gasteiger charge is 2.03. The van der Waals surface area contributed by atoms with Crippen molar-refractivity contribution in [2.24, 2.45) is 0 Å². The zero-order chi connectivity index (χ0) is 20.3. The summed E-state index contributed by atoms with van der Waals surface area (Å²) in [6, 6.07) is 26.6. The van der Waals surface area contributed by atoms with E-state index < -0.39 is 0 Å². The average Bonchev–Trinajstić information content (AvgIpc) is 2.78. The number of alkyl halides is 1. The van der Waals surface area contributed by atoms with Crippen molar-refractivity contribution in [3.05, 3.63) is 83.9 Å². The molecule has 0 fully saturated rings. The molecule has 0 saturated carbocycles. The fraction of sp³-hybridized carbons (Fsp3) is 0.357. The summed E-state index contributed by atoms with van der Waals surface area (Å²) in [5, 5.41) is 0. The molecular formula is C28H33F. The van der Waals surface area contributed by atoms with Crippen LogP contribution in [0.15, 0.2) is 72.8 Å². The molecule has 0 amide bonds. The highest BCUT2D eigenvalue weighted by atomic mass is 19.1. The summed E-state index contributed by atoms with van der Waals surface area (Å²) < 4.78 is 12.2. The summed E-state index contributed by atoms with van der Waals surface area (Å²) in [6.45, 7) is 2.05. The molecule has 0 aromatic heterocycles. The van der Waals surface area contributed by atoms with Crippen molar-refractivity contribution in [3.63, 3.8) is 0 Å². The second-order valence-electron chi connectivity index (χ2n) is 7.93. The highest BCUT2D eigenvalue weighted by molar-refractivity contribution is 5.70. The van der Waals surface area contributed by atoms with Crippen LogP contribution in [-0.2, 0) is 12.8 Å². The Balaban J connectivity index is 1.64. The molecule has 0 radical (unpaired) electrons. The molecule has 0 atom stereocenters. The molecule has 0 saturated heterocycles. The Hall–Kier alpha value is -2.41. The van der Waals surface area contributed by atoms with E-state index in [2.05, 4.69) is 79.7 Å². The smallest absolute Gasteiger partial charge is 0.0894 e. The van der Waals surface area contributed by atoms with Crippen molar-refractivity contribution in [1.82, 2.24) is 0 Å². The lowest BCUT2D eigenvalue weighted by Gasteiger charge is -2.08. The lowest BCUT2D eigenvalue weighted by molar-refractivity contribution is 0.456. The lowest BCUT2D eigenvalue weighted by Crippen LogP contribution is -1.88. The van der Waals surface area contributed by atoms with Crippen LogP contribution >= 0.6 is 0 Å². The summed E-state index contributed by atoms with van der Waals surface area (Å²) in [5.41, 5.74) is 7.81. The van der Waals surface area contributed by atoms with Crippen LogP contribution in [0.4, 0.5) is 4.39 Å². The van der Waals surface area contributed by atoms with Crippen LogP contribution in [0.25, 0.3) is 22.3 Å². The van der Waals surface area contributed by atoms with Gasteiger partial charge in [0.2, 0.25) is 0 Å². The van der Waals surface area contributed by atoms with Crippen molar-refractivity contribution in [2.75, 3.05) is 6.67 Å². The number of aryl methyl sites for hydroxylation is 2. The highest BCUT2D eigenvalue weighted by Crippen LogP contribution is 2.26. The third-order valence-corrected chi connectivity index (χ3v) is 5.60. The van der Waals surface area contributed by atoms with E-state index in [1.807, 2.05) is 0 Å². The van der Waals surface area contributed by atoms with Gasteiger partial charge in [0.1, 0.15) is 0 Å². The molecule has 29 heavy (non-hydrogen) atoms. The Bertz CT molecular complexity index is 846. The van der Waals surface area contributed by atoms with E-state index in [0.29, 0.717) is 6.42 Å². The summed E-state index contributed by atoms with van der Waals surface area (Å²) in [7, 11) is 0. The molecule has 0 unspecified atom stereocenters. The number of hydrogen-bond acceptors (Lipinski definition) is 0. The molecule has 0 nitrogen and oxygen atoms in total. The van der Waals surface area contributed by atoms with Gasteiger partial charge < -0.3 is 0 Å².